The lowest BCUT2D eigenvalue weighted by Crippen LogP contribution is -2.58. The van der Waals surface area contributed by atoms with Crippen LogP contribution in [0.4, 0.5) is 5.69 Å². The average Bonchev–Trinajstić information content (AvgIpc) is 3.25. The molecule has 4 aliphatic rings. The molecule has 3 fully saturated rings. The van der Waals surface area contributed by atoms with Crippen molar-refractivity contribution in [1.82, 2.24) is 20.0 Å². The fraction of sp³-hybridized carbons (Fsp3) is 0.553. The molecule has 0 bridgehead atoms. The summed E-state index contributed by atoms with van der Waals surface area (Å²) in [6.45, 7) is 9.68. The molecule has 3 N–H and O–H groups in total. The Bertz CT molecular complexity index is 1890. The zero-order chi connectivity index (χ0) is 41.0. The van der Waals surface area contributed by atoms with Gasteiger partial charge in [0.05, 0.1) is 38.3 Å². The molecule has 7 rings (SSSR count). The Morgan fingerprint density at radius 3 is 2.59 bits per heavy atom. The zero-order valence-corrected chi connectivity index (χ0v) is 34.9. The maximum atomic E-state index is 13.6. The predicted octanol–water partition coefficient (Wildman–Crippen LogP) is 5.41. The van der Waals surface area contributed by atoms with Gasteiger partial charge in [0, 0.05) is 51.9 Å². The van der Waals surface area contributed by atoms with Crippen LogP contribution in [0.3, 0.4) is 0 Å². The Morgan fingerprint density at radius 2 is 1.76 bits per heavy atom. The number of hydrogen-bond acceptors (Lipinski definition) is 9. The lowest BCUT2D eigenvalue weighted by molar-refractivity contribution is -0.159. The van der Waals surface area contributed by atoms with Gasteiger partial charge in [-0.05, 0) is 85.9 Å². The number of nitrogens with zero attached hydrogens (tertiary/aromatic N) is 3. The first kappa shape index (κ1) is 42.6. The monoisotopic (exact) mass is 809 g/mol. The second-order valence-electron chi connectivity index (χ2n) is 16.8. The summed E-state index contributed by atoms with van der Waals surface area (Å²) in [5, 5.41) is 16.3. The number of fused-ring (bicyclic) bond motifs is 1. The van der Waals surface area contributed by atoms with Gasteiger partial charge >= 0.3 is 0 Å². The van der Waals surface area contributed by atoms with Crippen molar-refractivity contribution in [2.45, 2.75) is 95.7 Å². The SMILES string of the molecule is Cc1ccccc1CC(=O)N1CCOC2(CCN(Cc3cccc(CCOCCC(=O)N(CCNCCc4ccc(O)c5c4OCC(=O)N5)C4CCCCC4)c3)CC2)C1. The molecule has 1 aliphatic carbocycles. The topological polar surface area (TPSA) is 133 Å². The summed E-state index contributed by atoms with van der Waals surface area (Å²) in [5.41, 5.74) is 5.78. The number of rotatable bonds is 17. The number of nitrogens with one attached hydrogen (secondary N) is 2. The maximum Gasteiger partial charge on any atom is 0.262 e. The number of phenols is 1. The normalized spacial score (nSPS) is 18.3. The van der Waals surface area contributed by atoms with Crippen molar-refractivity contribution in [3.05, 3.63) is 88.5 Å². The van der Waals surface area contributed by atoms with Crippen LogP contribution in [0.25, 0.3) is 0 Å². The molecule has 12 heteroatoms. The number of anilines is 1. The second-order valence-corrected chi connectivity index (χ2v) is 16.8. The van der Waals surface area contributed by atoms with Crippen molar-refractivity contribution in [3.8, 4) is 11.5 Å². The van der Waals surface area contributed by atoms with Crippen LogP contribution in [-0.4, -0.2) is 121 Å². The molecule has 59 heavy (non-hydrogen) atoms. The van der Waals surface area contributed by atoms with Gasteiger partial charge in [-0.25, -0.2) is 0 Å². The lowest BCUT2D eigenvalue weighted by atomic mass is 9.88. The summed E-state index contributed by atoms with van der Waals surface area (Å²) in [5.74, 6) is 0.588. The number of carbonyl (C=O) groups excluding carboxylic acids is 3. The van der Waals surface area contributed by atoms with E-state index in [1.54, 1.807) is 6.07 Å². The number of phenolic OH excluding ortho intramolecular Hbond substituents is 1. The molecule has 3 heterocycles. The summed E-state index contributed by atoms with van der Waals surface area (Å²) in [6, 6.07) is 20.6. The number of aromatic hydroxyl groups is 1. The van der Waals surface area contributed by atoms with Crippen molar-refractivity contribution >= 4 is 23.4 Å². The van der Waals surface area contributed by atoms with E-state index in [9.17, 15) is 19.5 Å². The Kier molecular flexibility index (Phi) is 14.9. The summed E-state index contributed by atoms with van der Waals surface area (Å²) in [4.78, 5) is 45.1. The molecule has 318 valence electrons. The molecule has 3 aliphatic heterocycles. The van der Waals surface area contributed by atoms with E-state index in [1.165, 1.54) is 17.5 Å². The molecule has 1 spiro atoms. The first-order chi connectivity index (χ1) is 28.7. The molecular weight excluding hydrogens is 747 g/mol. The molecule has 12 nitrogen and oxygen atoms in total. The number of amides is 3. The fourth-order valence-electron chi connectivity index (χ4n) is 9.16. The van der Waals surface area contributed by atoms with Gasteiger partial charge in [0.2, 0.25) is 11.8 Å². The largest absolute Gasteiger partial charge is 0.506 e. The van der Waals surface area contributed by atoms with Crippen LogP contribution in [-0.2, 0) is 49.7 Å². The number of benzene rings is 3. The molecule has 0 atom stereocenters. The number of morpholine rings is 1. The fourth-order valence-corrected chi connectivity index (χ4v) is 9.16. The molecule has 0 unspecified atom stereocenters. The van der Waals surface area contributed by atoms with Crippen LogP contribution in [0.15, 0.2) is 60.7 Å². The first-order valence-electron chi connectivity index (χ1n) is 21.9. The highest BCUT2D eigenvalue weighted by molar-refractivity contribution is 5.97. The van der Waals surface area contributed by atoms with Crippen molar-refractivity contribution < 1.29 is 33.7 Å². The zero-order valence-electron chi connectivity index (χ0n) is 34.9. The minimum Gasteiger partial charge on any atom is -0.506 e. The molecule has 3 aromatic rings. The summed E-state index contributed by atoms with van der Waals surface area (Å²) in [7, 11) is 0. The molecular formula is C47H63N5O7. The summed E-state index contributed by atoms with van der Waals surface area (Å²) >= 11 is 0. The Morgan fingerprint density at radius 1 is 0.949 bits per heavy atom. The highest BCUT2D eigenvalue weighted by atomic mass is 16.5. The quantitative estimate of drug-likeness (QED) is 0.121. The predicted molar refractivity (Wildman–Crippen MR) is 228 cm³/mol. The van der Waals surface area contributed by atoms with Gasteiger partial charge in [0.1, 0.15) is 11.4 Å². The van der Waals surface area contributed by atoms with Gasteiger partial charge in [-0.1, -0.05) is 73.9 Å². The third-order valence-electron chi connectivity index (χ3n) is 12.6. The molecule has 2 saturated heterocycles. The minimum absolute atomic E-state index is 0.00335. The average molecular weight is 810 g/mol. The van der Waals surface area contributed by atoms with E-state index in [0.717, 1.165) is 81.3 Å². The number of hydrogen-bond donors (Lipinski definition) is 3. The molecule has 3 aromatic carbocycles. The van der Waals surface area contributed by atoms with E-state index >= 15 is 0 Å². The summed E-state index contributed by atoms with van der Waals surface area (Å²) < 4.78 is 18.1. The van der Waals surface area contributed by atoms with Crippen molar-refractivity contribution in [3.63, 3.8) is 0 Å². The van der Waals surface area contributed by atoms with Gasteiger partial charge in [0.15, 0.2) is 12.4 Å². The van der Waals surface area contributed by atoms with Crippen molar-refractivity contribution in [2.75, 3.05) is 77.6 Å². The van der Waals surface area contributed by atoms with E-state index in [4.69, 9.17) is 14.2 Å². The van der Waals surface area contributed by atoms with E-state index in [2.05, 4.69) is 63.8 Å². The molecule has 3 amide bonds. The lowest BCUT2D eigenvalue weighted by Gasteiger charge is -2.47. The van der Waals surface area contributed by atoms with Crippen LogP contribution in [0, 0.1) is 6.92 Å². The third kappa shape index (κ3) is 11.6. The highest BCUT2D eigenvalue weighted by Crippen LogP contribution is 2.39. The van der Waals surface area contributed by atoms with Crippen LogP contribution in [0.1, 0.15) is 79.2 Å². The van der Waals surface area contributed by atoms with Crippen molar-refractivity contribution in [1.29, 1.82) is 0 Å². The van der Waals surface area contributed by atoms with Crippen LogP contribution in [0.2, 0.25) is 0 Å². The second kappa shape index (κ2) is 20.7. The van der Waals surface area contributed by atoms with E-state index in [-0.39, 0.29) is 41.7 Å². The van der Waals surface area contributed by atoms with E-state index in [1.807, 2.05) is 23.1 Å². The standard InChI is InChI=1S/C47H63N5O7/c1-35-8-5-6-11-39(35)31-44(56)51-26-29-59-47(34-51)19-23-50(24-20-47)32-37-10-7-9-36(30-37)17-27-57-28-18-43(55)52(40-12-3-2-4-13-40)25-22-48-21-16-38-14-15-41(53)45-46(38)58-33-42(54)49-45/h5-11,14-15,30,40,48,53H,2-4,12-13,16-29,31-34H2,1H3,(H,49,54). The smallest absolute Gasteiger partial charge is 0.262 e. The van der Waals surface area contributed by atoms with Gasteiger partial charge in [0.25, 0.3) is 5.91 Å². The Hall–Kier alpha value is -4.49. The van der Waals surface area contributed by atoms with Crippen LogP contribution < -0.4 is 15.4 Å². The van der Waals surface area contributed by atoms with Crippen LogP contribution >= 0.6 is 0 Å². The van der Waals surface area contributed by atoms with E-state index in [0.29, 0.717) is 83.2 Å². The first-order valence-corrected chi connectivity index (χ1v) is 21.9. The number of aryl methyl sites for hydroxylation is 1. The summed E-state index contributed by atoms with van der Waals surface area (Å²) in [6.07, 6.45) is 9.76. The van der Waals surface area contributed by atoms with Gasteiger partial charge < -0.3 is 39.8 Å². The minimum atomic E-state index is -0.279. The molecule has 0 aromatic heterocycles. The van der Waals surface area contributed by atoms with Gasteiger partial charge in [-0.15, -0.1) is 0 Å². The highest BCUT2D eigenvalue weighted by Gasteiger charge is 2.41. The Labute approximate surface area is 349 Å². The Balaban J connectivity index is 0.807. The van der Waals surface area contributed by atoms with Crippen LogP contribution in [0.5, 0.6) is 11.5 Å². The number of carbonyl (C=O) groups is 3. The number of piperidine rings is 1. The number of likely N-dealkylation sites (tertiary alicyclic amines) is 1. The third-order valence-corrected chi connectivity index (χ3v) is 12.6. The molecule has 0 radical (unpaired) electrons. The number of ether oxygens (including phenoxy) is 3. The van der Waals surface area contributed by atoms with Gasteiger partial charge in [-0.2, -0.15) is 0 Å². The van der Waals surface area contributed by atoms with E-state index < -0.39 is 0 Å². The van der Waals surface area contributed by atoms with Gasteiger partial charge in [-0.3, -0.25) is 19.3 Å². The maximum absolute atomic E-state index is 13.6. The van der Waals surface area contributed by atoms with Crippen molar-refractivity contribution in [2.24, 2.45) is 0 Å². The molecule has 1 saturated carbocycles.